The quantitative estimate of drug-likeness (QED) is 0.616. The largest absolute Gasteiger partial charge is 0.260 e. The second-order valence-corrected chi connectivity index (χ2v) is 2.16. The Morgan fingerprint density at radius 3 is 2.78 bits per heavy atom. The molecule has 0 aliphatic carbocycles. The maximum atomic E-state index is 5.60. The SMILES string of the molecule is Cl[CH]c1cc(Cl)ccn1. The third kappa shape index (κ3) is 1.84. The summed E-state index contributed by atoms with van der Waals surface area (Å²) in [5.74, 6) is 1.38. The summed E-state index contributed by atoms with van der Waals surface area (Å²) >= 11 is 11.0. The van der Waals surface area contributed by atoms with Gasteiger partial charge in [-0.1, -0.05) is 11.6 Å². The molecule has 0 amide bonds. The van der Waals surface area contributed by atoms with Crippen LogP contribution >= 0.6 is 23.2 Å². The highest BCUT2D eigenvalue weighted by atomic mass is 35.5. The van der Waals surface area contributed by atoms with Gasteiger partial charge in [-0.25, -0.2) is 0 Å². The molecule has 3 heteroatoms. The maximum absolute atomic E-state index is 5.60. The van der Waals surface area contributed by atoms with Crippen molar-refractivity contribution in [3.63, 3.8) is 0 Å². The molecule has 0 saturated carbocycles. The fourth-order valence-corrected chi connectivity index (χ4v) is 0.768. The van der Waals surface area contributed by atoms with Gasteiger partial charge in [0.1, 0.15) is 0 Å². The summed E-state index contributed by atoms with van der Waals surface area (Å²) in [5.41, 5.74) is 0.684. The van der Waals surface area contributed by atoms with Crippen LogP contribution in [0.15, 0.2) is 18.3 Å². The summed E-state index contributed by atoms with van der Waals surface area (Å²) in [7, 11) is 0. The van der Waals surface area contributed by atoms with Crippen LogP contribution in [0, 0.1) is 5.88 Å². The Balaban J connectivity index is 2.94. The molecule has 0 atom stereocenters. The summed E-state index contributed by atoms with van der Waals surface area (Å²) in [6, 6.07) is 3.39. The zero-order valence-electron chi connectivity index (χ0n) is 4.51. The number of rotatable bonds is 1. The van der Waals surface area contributed by atoms with E-state index in [0.717, 1.165) is 0 Å². The predicted octanol–water partition coefficient (Wildman–Crippen LogP) is 2.48. The minimum Gasteiger partial charge on any atom is -0.260 e. The van der Waals surface area contributed by atoms with E-state index in [1.165, 1.54) is 5.88 Å². The van der Waals surface area contributed by atoms with Crippen LogP contribution in [-0.2, 0) is 0 Å². The van der Waals surface area contributed by atoms with Gasteiger partial charge in [0, 0.05) is 11.2 Å². The van der Waals surface area contributed by atoms with Crippen LogP contribution in [0.2, 0.25) is 5.02 Å². The molecule has 1 nitrogen and oxygen atoms in total. The number of hydrogen-bond donors (Lipinski definition) is 0. The van der Waals surface area contributed by atoms with Crippen molar-refractivity contribution < 1.29 is 0 Å². The zero-order chi connectivity index (χ0) is 6.69. The van der Waals surface area contributed by atoms with E-state index in [2.05, 4.69) is 4.98 Å². The molecule has 1 aromatic rings. The molecule has 0 unspecified atom stereocenters. The molecule has 1 heterocycles. The average molecular weight is 161 g/mol. The molecule has 0 N–H and O–H groups in total. The maximum Gasteiger partial charge on any atom is 0.0977 e. The van der Waals surface area contributed by atoms with Crippen LogP contribution in [0.25, 0.3) is 0 Å². The van der Waals surface area contributed by atoms with Gasteiger partial charge in [0.15, 0.2) is 0 Å². The second kappa shape index (κ2) is 3.04. The van der Waals surface area contributed by atoms with Crippen molar-refractivity contribution in [3.05, 3.63) is 34.9 Å². The van der Waals surface area contributed by atoms with E-state index in [9.17, 15) is 0 Å². The summed E-state index contributed by atoms with van der Waals surface area (Å²) in [6.45, 7) is 0. The number of halogens is 2. The molecule has 0 bridgehead atoms. The molecule has 1 radical (unpaired) electrons. The van der Waals surface area contributed by atoms with Crippen molar-refractivity contribution in [1.82, 2.24) is 4.98 Å². The lowest BCUT2D eigenvalue weighted by atomic mass is 10.4. The van der Waals surface area contributed by atoms with E-state index in [1.54, 1.807) is 18.3 Å². The van der Waals surface area contributed by atoms with E-state index in [-0.39, 0.29) is 0 Å². The highest BCUT2D eigenvalue weighted by Gasteiger charge is 1.90. The molecule has 0 fully saturated rings. The van der Waals surface area contributed by atoms with E-state index < -0.39 is 0 Å². The molecular weight excluding hydrogens is 157 g/mol. The lowest BCUT2D eigenvalue weighted by Gasteiger charge is -1.91. The van der Waals surface area contributed by atoms with Crippen LogP contribution in [0.4, 0.5) is 0 Å². The Hall–Kier alpha value is -0.270. The molecule has 0 aliphatic rings. The Morgan fingerprint density at radius 1 is 1.56 bits per heavy atom. The second-order valence-electron chi connectivity index (χ2n) is 1.51. The number of nitrogens with zero attached hydrogens (tertiary/aromatic N) is 1. The third-order valence-corrected chi connectivity index (χ3v) is 1.31. The number of aromatic nitrogens is 1. The van der Waals surface area contributed by atoms with Gasteiger partial charge >= 0.3 is 0 Å². The topological polar surface area (TPSA) is 12.9 Å². The summed E-state index contributed by atoms with van der Waals surface area (Å²) < 4.78 is 0. The van der Waals surface area contributed by atoms with Gasteiger partial charge in [0.05, 0.1) is 11.6 Å². The Bertz CT molecular complexity index is 200. The van der Waals surface area contributed by atoms with Crippen LogP contribution < -0.4 is 0 Å². The third-order valence-electron chi connectivity index (χ3n) is 0.855. The van der Waals surface area contributed by atoms with E-state index in [4.69, 9.17) is 23.2 Å². The first kappa shape index (κ1) is 6.84. The monoisotopic (exact) mass is 160 g/mol. The number of hydrogen-bond acceptors (Lipinski definition) is 1. The van der Waals surface area contributed by atoms with Crippen LogP contribution in [0.1, 0.15) is 5.69 Å². The van der Waals surface area contributed by atoms with Gasteiger partial charge in [0.2, 0.25) is 0 Å². The van der Waals surface area contributed by atoms with Crippen LogP contribution in [-0.4, -0.2) is 4.98 Å². The fourth-order valence-electron chi connectivity index (χ4n) is 0.481. The highest BCUT2D eigenvalue weighted by molar-refractivity contribution is 6.31. The first-order valence-corrected chi connectivity index (χ1v) is 3.19. The Labute approximate surface area is 63.6 Å². The van der Waals surface area contributed by atoms with Gasteiger partial charge in [-0.15, -0.1) is 11.6 Å². The highest BCUT2D eigenvalue weighted by Crippen LogP contribution is 2.09. The van der Waals surface area contributed by atoms with E-state index >= 15 is 0 Å². The molecule has 0 spiro atoms. The minimum atomic E-state index is 0.650. The Kier molecular flexibility index (Phi) is 2.31. The van der Waals surface area contributed by atoms with Gasteiger partial charge in [-0.3, -0.25) is 4.98 Å². The van der Waals surface area contributed by atoms with Crippen molar-refractivity contribution in [2.75, 3.05) is 0 Å². The molecule has 1 aromatic heterocycles. The van der Waals surface area contributed by atoms with E-state index in [0.29, 0.717) is 10.7 Å². The Morgan fingerprint density at radius 2 is 2.33 bits per heavy atom. The van der Waals surface area contributed by atoms with Gasteiger partial charge in [-0.05, 0) is 12.1 Å². The van der Waals surface area contributed by atoms with Crippen molar-refractivity contribution in [1.29, 1.82) is 0 Å². The summed E-state index contributed by atoms with van der Waals surface area (Å²) in [6.07, 6.45) is 1.61. The first-order chi connectivity index (χ1) is 4.33. The molecule has 0 aliphatic heterocycles. The standard InChI is InChI=1S/C6H4Cl2N/c7-4-6-3-5(8)1-2-9-6/h1-4H. The fraction of sp³-hybridized carbons (Fsp3) is 0. The lowest BCUT2D eigenvalue weighted by molar-refractivity contribution is 1.26. The molecule has 1 rings (SSSR count). The smallest absolute Gasteiger partial charge is 0.0977 e. The average Bonchev–Trinajstić information content (AvgIpc) is 1.88. The van der Waals surface area contributed by atoms with Crippen molar-refractivity contribution in [2.24, 2.45) is 0 Å². The minimum absolute atomic E-state index is 0.650. The van der Waals surface area contributed by atoms with Crippen molar-refractivity contribution >= 4 is 23.2 Å². The first-order valence-electron chi connectivity index (χ1n) is 2.38. The predicted molar refractivity (Wildman–Crippen MR) is 38.5 cm³/mol. The van der Waals surface area contributed by atoms with Crippen LogP contribution in [0.3, 0.4) is 0 Å². The lowest BCUT2D eigenvalue weighted by Crippen LogP contribution is -1.79. The van der Waals surface area contributed by atoms with Crippen molar-refractivity contribution in [3.8, 4) is 0 Å². The van der Waals surface area contributed by atoms with Gasteiger partial charge in [-0.2, -0.15) is 0 Å². The molecule has 47 valence electrons. The molecule has 0 saturated heterocycles. The van der Waals surface area contributed by atoms with Crippen molar-refractivity contribution in [2.45, 2.75) is 0 Å². The summed E-state index contributed by atoms with van der Waals surface area (Å²) in [4.78, 5) is 3.89. The van der Waals surface area contributed by atoms with Gasteiger partial charge < -0.3 is 0 Å². The van der Waals surface area contributed by atoms with Crippen LogP contribution in [0.5, 0.6) is 0 Å². The van der Waals surface area contributed by atoms with Gasteiger partial charge in [0.25, 0.3) is 0 Å². The van der Waals surface area contributed by atoms with E-state index in [1.807, 2.05) is 0 Å². The molecule has 9 heavy (non-hydrogen) atoms. The summed E-state index contributed by atoms with van der Waals surface area (Å²) in [5, 5.41) is 0.650. The zero-order valence-corrected chi connectivity index (χ0v) is 6.02. The molecular formula is C6H4Cl2N. The normalized spacial score (nSPS) is 9.56. The molecule has 0 aromatic carbocycles. The number of pyridine rings is 1.